The summed E-state index contributed by atoms with van der Waals surface area (Å²) in [5.41, 5.74) is 0.828. The average Bonchev–Trinajstić information content (AvgIpc) is 2.60. The summed E-state index contributed by atoms with van der Waals surface area (Å²) in [6.07, 6.45) is 4.70. The molecule has 2 aromatic rings. The lowest BCUT2D eigenvalue weighted by atomic mass is 10.2. The van der Waals surface area contributed by atoms with Crippen LogP contribution < -0.4 is 10.1 Å². The monoisotopic (exact) mass is 326 g/mol. The highest BCUT2D eigenvalue weighted by molar-refractivity contribution is 6.01. The van der Waals surface area contributed by atoms with E-state index in [2.05, 4.69) is 10.3 Å². The first-order valence-corrected chi connectivity index (χ1v) is 7.46. The van der Waals surface area contributed by atoms with Crippen LogP contribution in [-0.2, 0) is 14.3 Å². The van der Waals surface area contributed by atoms with Crippen LogP contribution in [0, 0.1) is 0 Å². The van der Waals surface area contributed by atoms with Crippen LogP contribution in [-0.4, -0.2) is 30.1 Å². The van der Waals surface area contributed by atoms with Crippen molar-refractivity contribution < 1.29 is 19.1 Å². The zero-order valence-electron chi connectivity index (χ0n) is 13.3. The second-order valence-electron chi connectivity index (χ2n) is 4.70. The van der Waals surface area contributed by atoms with Crippen LogP contribution in [0.25, 0.3) is 6.08 Å². The number of carbonyl (C=O) groups is 2. The Morgan fingerprint density at radius 2 is 1.96 bits per heavy atom. The fourth-order valence-corrected chi connectivity index (χ4v) is 1.80. The molecule has 1 amide bonds. The summed E-state index contributed by atoms with van der Waals surface area (Å²) >= 11 is 0. The maximum atomic E-state index is 11.8. The molecule has 0 saturated heterocycles. The van der Waals surface area contributed by atoms with Gasteiger partial charge in [0.2, 0.25) is 5.91 Å². The molecular formula is C18H18N2O4. The summed E-state index contributed by atoms with van der Waals surface area (Å²) in [6, 6.07) is 12.3. The van der Waals surface area contributed by atoms with Crippen LogP contribution >= 0.6 is 0 Å². The molecule has 1 aromatic heterocycles. The molecule has 1 aromatic carbocycles. The van der Waals surface area contributed by atoms with Gasteiger partial charge in [-0.25, -0.2) is 9.78 Å². The first-order chi connectivity index (χ1) is 11.7. The van der Waals surface area contributed by atoms with E-state index >= 15 is 0 Å². The minimum Gasteiger partial charge on any atom is -0.482 e. The number of esters is 1. The largest absolute Gasteiger partial charge is 0.482 e. The molecule has 124 valence electrons. The van der Waals surface area contributed by atoms with Crippen LogP contribution in [0.15, 0.2) is 54.7 Å². The molecule has 0 unspecified atom stereocenters. The Morgan fingerprint density at radius 1 is 1.17 bits per heavy atom. The van der Waals surface area contributed by atoms with E-state index in [0.29, 0.717) is 18.2 Å². The molecule has 0 aliphatic carbocycles. The SMILES string of the molecule is CCOC(=O)COc1ccc(/C=C/C(=O)Nc2ccccn2)cc1. The molecule has 6 heteroatoms. The van der Waals surface area contributed by atoms with Crippen LogP contribution in [0.5, 0.6) is 5.75 Å². The number of anilines is 1. The number of hydrogen-bond donors (Lipinski definition) is 1. The summed E-state index contributed by atoms with van der Waals surface area (Å²) in [6.45, 7) is 1.94. The number of nitrogens with one attached hydrogen (secondary N) is 1. The molecule has 2 rings (SSSR count). The highest BCUT2D eigenvalue weighted by atomic mass is 16.6. The van der Waals surface area contributed by atoms with Gasteiger partial charge in [-0.2, -0.15) is 0 Å². The molecule has 0 aliphatic heterocycles. The van der Waals surface area contributed by atoms with Gasteiger partial charge in [-0.1, -0.05) is 18.2 Å². The number of ether oxygens (including phenoxy) is 2. The van der Waals surface area contributed by atoms with E-state index in [1.165, 1.54) is 6.08 Å². The van der Waals surface area contributed by atoms with Gasteiger partial charge in [0.15, 0.2) is 6.61 Å². The number of amides is 1. The first kappa shape index (κ1) is 17.2. The predicted molar refractivity (Wildman–Crippen MR) is 90.5 cm³/mol. The zero-order chi connectivity index (χ0) is 17.2. The number of hydrogen-bond acceptors (Lipinski definition) is 5. The predicted octanol–water partition coefficient (Wildman–Crippen LogP) is 2.68. The molecule has 0 radical (unpaired) electrons. The Bertz CT molecular complexity index is 697. The molecule has 6 nitrogen and oxygen atoms in total. The van der Waals surface area contributed by atoms with Crippen molar-refractivity contribution in [2.45, 2.75) is 6.92 Å². The Kier molecular flexibility index (Phi) is 6.52. The van der Waals surface area contributed by atoms with Crippen LogP contribution in [0.4, 0.5) is 5.82 Å². The summed E-state index contributed by atoms with van der Waals surface area (Å²) < 4.78 is 10.1. The summed E-state index contributed by atoms with van der Waals surface area (Å²) in [7, 11) is 0. The Balaban J connectivity index is 1.84. The molecule has 1 heterocycles. The summed E-state index contributed by atoms with van der Waals surface area (Å²) in [5, 5.41) is 2.66. The third kappa shape index (κ3) is 5.92. The molecule has 1 N–H and O–H groups in total. The molecule has 0 aliphatic rings. The van der Waals surface area contributed by atoms with E-state index in [1.54, 1.807) is 61.7 Å². The van der Waals surface area contributed by atoms with Gasteiger partial charge in [0.25, 0.3) is 0 Å². The Hall–Kier alpha value is -3.15. The fraction of sp³-hybridized carbons (Fsp3) is 0.167. The number of rotatable bonds is 7. The van der Waals surface area contributed by atoms with Gasteiger partial charge in [0.1, 0.15) is 11.6 Å². The lowest BCUT2D eigenvalue weighted by Gasteiger charge is -2.05. The van der Waals surface area contributed by atoms with E-state index in [-0.39, 0.29) is 12.5 Å². The van der Waals surface area contributed by atoms with Crippen molar-refractivity contribution in [1.29, 1.82) is 0 Å². The van der Waals surface area contributed by atoms with Gasteiger partial charge < -0.3 is 14.8 Å². The van der Waals surface area contributed by atoms with Gasteiger partial charge >= 0.3 is 5.97 Å². The van der Waals surface area contributed by atoms with Crippen LogP contribution in [0.3, 0.4) is 0 Å². The number of carbonyl (C=O) groups excluding carboxylic acids is 2. The summed E-state index contributed by atoms with van der Waals surface area (Å²) in [4.78, 5) is 27.0. The zero-order valence-corrected chi connectivity index (χ0v) is 13.3. The van der Waals surface area contributed by atoms with Crippen molar-refractivity contribution in [3.63, 3.8) is 0 Å². The molecule has 0 spiro atoms. The topological polar surface area (TPSA) is 77.5 Å². The quantitative estimate of drug-likeness (QED) is 0.625. The standard InChI is InChI=1S/C18H18N2O4/c1-2-23-18(22)13-24-15-9-6-14(7-10-15)8-11-17(21)20-16-5-3-4-12-19-16/h3-12H,2,13H2,1H3,(H,19,20,21)/b11-8+. The van der Waals surface area contributed by atoms with Crippen molar-refractivity contribution in [3.05, 3.63) is 60.3 Å². The van der Waals surface area contributed by atoms with E-state index in [0.717, 1.165) is 5.56 Å². The molecular weight excluding hydrogens is 308 g/mol. The van der Waals surface area contributed by atoms with E-state index in [4.69, 9.17) is 9.47 Å². The maximum absolute atomic E-state index is 11.8. The van der Waals surface area contributed by atoms with Gasteiger partial charge in [0.05, 0.1) is 6.61 Å². The molecule has 24 heavy (non-hydrogen) atoms. The number of aromatic nitrogens is 1. The third-order valence-electron chi connectivity index (χ3n) is 2.89. The second kappa shape index (κ2) is 9.09. The van der Waals surface area contributed by atoms with Gasteiger partial charge in [0, 0.05) is 12.3 Å². The second-order valence-corrected chi connectivity index (χ2v) is 4.70. The number of nitrogens with zero attached hydrogens (tertiary/aromatic N) is 1. The lowest BCUT2D eigenvalue weighted by molar-refractivity contribution is -0.145. The van der Waals surface area contributed by atoms with Crippen molar-refractivity contribution in [2.24, 2.45) is 0 Å². The molecule has 0 atom stereocenters. The molecule has 0 bridgehead atoms. The van der Waals surface area contributed by atoms with Gasteiger partial charge in [-0.15, -0.1) is 0 Å². The van der Waals surface area contributed by atoms with E-state index in [9.17, 15) is 9.59 Å². The average molecular weight is 326 g/mol. The fourth-order valence-electron chi connectivity index (χ4n) is 1.80. The summed E-state index contributed by atoms with van der Waals surface area (Å²) in [5.74, 6) is 0.372. The van der Waals surface area contributed by atoms with Crippen molar-refractivity contribution in [1.82, 2.24) is 4.98 Å². The minimum absolute atomic E-state index is 0.129. The van der Waals surface area contributed by atoms with Gasteiger partial charge in [-0.05, 0) is 42.8 Å². The normalized spacial score (nSPS) is 10.4. The van der Waals surface area contributed by atoms with Crippen molar-refractivity contribution in [2.75, 3.05) is 18.5 Å². The first-order valence-electron chi connectivity index (χ1n) is 7.46. The van der Waals surface area contributed by atoms with Crippen molar-refractivity contribution in [3.8, 4) is 5.75 Å². The maximum Gasteiger partial charge on any atom is 0.344 e. The van der Waals surface area contributed by atoms with Crippen molar-refractivity contribution >= 4 is 23.8 Å². The Morgan fingerprint density at radius 3 is 2.62 bits per heavy atom. The van der Waals surface area contributed by atoms with Gasteiger partial charge in [-0.3, -0.25) is 4.79 Å². The Labute approximate surface area is 140 Å². The lowest BCUT2D eigenvalue weighted by Crippen LogP contribution is -2.14. The smallest absolute Gasteiger partial charge is 0.344 e. The molecule has 0 saturated carbocycles. The number of benzene rings is 1. The van der Waals surface area contributed by atoms with E-state index in [1.807, 2.05) is 0 Å². The van der Waals surface area contributed by atoms with Crippen LogP contribution in [0.2, 0.25) is 0 Å². The molecule has 0 fully saturated rings. The third-order valence-corrected chi connectivity index (χ3v) is 2.89. The minimum atomic E-state index is -0.410. The van der Waals surface area contributed by atoms with E-state index < -0.39 is 5.97 Å². The number of pyridine rings is 1. The van der Waals surface area contributed by atoms with Crippen LogP contribution in [0.1, 0.15) is 12.5 Å². The highest BCUT2D eigenvalue weighted by Crippen LogP contribution is 2.13. The highest BCUT2D eigenvalue weighted by Gasteiger charge is 2.03.